The van der Waals surface area contributed by atoms with Crippen molar-refractivity contribution in [3.05, 3.63) is 28.0 Å². The van der Waals surface area contributed by atoms with Crippen molar-refractivity contribution in [2.24, 2.45) is 5.41 Å². The highest BCUT2D eigenvalue weighted by Gasteiger charge is 2.25. The Bertz CT molecular complexity index is 653. The van der Waals surface area contributed by atoms with Crippen molar-refractivity contribution in [2.45, 2.75) is 32.1 Å². The van der Waals surface area contributed by atoms with Gasteiger partial charge in [-0.15, -0.1) is 0 Å². The predicted molar refractivity (Wildman–Crippen MR) is 80.3 cm³/mol. The summed E-state index contributed by atoms with van der Waals surface area (Å²) in [6.07, 6.45) is 0.563. The lowest BCUT2D eigenvalue weighted by Crippen LogP contribution is -2.28. The van der Waals surface area contributed by atoms with Crippen molar-refractivity contribution in [3.8, 4) is 0 Å². The van der Waals surface area contributed by atoms with Gasteiger partial charge in [-0.3, -0.25) is 0 Å². The average Bonchev–Trinajstić information content (AvgIpc) is 2.29. The van der Waals surface area contributed by atoms with E-state index in [1.54, 1.807) is 0 Å². The number of sulfonamides is 1. The van der Waals surface area contributed by atoms with Crippen LogP contribution in [-0.4, -0.2) is 26.0 Å². The van der Waals surface area contributed by atoms with Gasteiger partial charge in [-0.1, -0.05) is 36.7 Å². The minimum atomic E-state index is -4.11. The minimum absolute atomic E-state index is 0.0788. The molecule has 0 aliphatic carbocycles. The Morgan fingerprint density at radius 2 is 1.95 bits per heavy atom. The SMILES string of the molecule is CC(C)(C)CCNS(=O)(=O)c1cc(Br)cc(C(=O)O)c1F. The molecule has 118 valence electrons. The van der Waals surface area contributed by atoms with Crippen LogP contribution in [0.1, 0.15) is 37.6 Å². The number of carbonyl (C=O) groups is 1. The van der Waals surface area contributed by atoms with Gasteiger partial charge in [0.15, 0.2) is 5.82 Å². The van der Waals surface area contributed by atoms with Crippen molar-refractivity contribution >= 4 is 31.9 Å². The molecule has 0 unspecified atom stereocenters. The lowest BCUT2D eigenvalue weighted by molar-refractivity contribution is 0.0691. The number of rotatable bonds is 5. The van der Waals surface area contributed by atoms with Gasteiger partial charge in [-0.2, -0.15) is 0 Å². The summed E-state index contributed by atoms with van der Waals surface area (Å²) in [6, 6.07) is 2.06. The first-order valence-electron chi connectivity index (χ1n) is 6.16. The maximum atomic E-state index is 14.0. The highest BCUT2D eigenvalue weighted by Crippen LogP contribution is 2.24. The van der Waals surface area contributed by atoms with E-state index >= 15 is 0 Å². The number of nitrogens with one attached hydrogen (secondary N) is 1. The second kappa shape index (κ2) is 6.41. The fraction of sp³-hybridized carbons (Fsp3) is 0.462. The maximum Gasteiger partial charge on any atom is 0.338 e. The molecule has 0 aliphatic heterocycles. The normalized spacial score (nSPS) is 12.4. The van der Waals surface area contributed by atoms with Crippen molar-refractivity contribution in [1.29, 1.82) is 0 Å². The van der Waals surface area contributed by atoms with E-state index in [1.165, 1.54) is 0 Å². The monoisotopic (exact) mass is 381 g/mol. The van der Waals surface area contributed by atoms with Crippen LogP contribution in [0.25, 0.3) is 0 Å². The van der Waals surface area contributed by atoms with Gasteiger partial charge in [0.05, 0.1) is 5.56 Å². The highest BCUT2D eigenvalue weighted by atomic mass is 79.9. The van der Waals surface area contributed by atoms with Crippen LogP contribution >= 0.6 is 15.9 Å². The molecule has 0 aromatic heterocycles. The van der Waals surface area contributed by atoms with Gasteiger partial charge in [0.25, 0.3) is 0 Å². The first-order valence-corrected chi connectivity index (χ1v) is 8.44. The minimum Gasteiger partial charge on any atom is -0.478 e. The van der Waals surface area contributed by atoms with E-state index in [0.717, 1.165) is 12.1 Å². The second-order valence-corrected chi connectivity index (χ2v) is 8.43. The smallest absolute Gasteiger partial charge is 0.338 e. The van der Waals surface area contributed by atoms with Gasteiger partial charge >= 0.3 is 5.97 Å². The largest absolute Gasteiger partial charge is 0.478 e. The molecule has 0 radical (unpaired) electrons. The third-order valence-corrected chi connectivity index (χ3v) is 4.61. The van der Waals surface area contributed by atoms with Crippen LogP contribution in [0.3, 0.4) is 0 Å². The molecular weight excluding hydrogens is 365 g/mol. The quantitative estimate of drug-likeness (QED) is 0.820. The summed E-state index contributed by atoms with van der Waals surface area (Å²) >= 11 is 2.99. The molecule has 21 heavy (non-hydrogen) atoms. The molecule has 1 aromatic rings. The standard InChI is InChI=1S/C13H17BrFNO4S/c1-13(2,3)4-5-16-21(19,20)10-7-8(14)6-9(11(10)15)12(17)18/h6-7,16H,4-5H2,1-3H3,(H,17,18). The van der Waals surface area contributed by atoms with Crippen LogP contribution < -0.4 is 4.72 Å². The molecule has 0 saturated heterocycles. The molecule has 0 heterocycles. The summed E-state index contributed by atoms with van der Waals surface area (Å²) in [4.78, 5) is 10.2. The maximum absolute atomic E-state index is 14.0. The number of hydrogen-bond acceptors (Lipinski definition) is 3. The topological polar surface area (TPSA) is 83.5 Å². The molecule has 0 amide bonds. The van der Waals surface area contributed by atoms with E-state index < -0.39 is 32.3 Å². The molecule has 2 N–H and O–H groups in total. The molecule has 5 nitrogen and oxygen atoms in total. The van der Waals surface area contributed by atoms with Crippen LogP contribution in [0.4, 0.5) is 4.39 Å². The number of carboxylic acids is 1. The van der Waals surface area contributed by atoms with E-state index in [0.29, 0.717) is 6.42 Å². The fourth-order valence-corrected chi connectivity index (χ4v) is 3.32. The van der Waals surface area contributed by atoms with Crippen molar-refractivity contribution in [1.82, 2.24) is 4.72 Å². The van der Waals surface area contributed by atoms with Crippen LogP contribution in [0.5, 0.6) is 0 Å². The highest BCUT2D eigenvalue weighted by molar-refractivity contribution is 9.10. The third-order valence-electron chi connectivity index (χ3n) is 2.69. The fourth-order valence-electron chi connectivity index (χ4n) is 1.55. The molecule has 0 spiro atoms. The van der Waals surface area contributed by atoms with E-state index in [2.05, 4.69) is 20.7 Å². The third kappa shape index (κ3) is 5.05. The second-order valence-electron chi connectivity index (χ2n) is 5.78. The van der Waals surface area contributed by atoms with Gasteiger partial charge in [0, 0.05) is 11.0 Å². The number of hydrogen-bond donors (Lipinski definition) is 2. The van der Waals surface area contributed by atoms with Gasteiger partial charge < -0.3 is 5.11 Å². The summed E-state index contributed by atoms with van der Waals surface area (Å²) in [6.45, 7) is 5.98. The molecule has 0 saturated carbocycles. The van der Waals surface area contributed by atoms with Crippen LogP contribution in [0.2, 0.25) is 0 Å². The first-order chi connectivity index (χ1) is 9.44. The average molecular weight is 382 g/mol. The van der Waals surface area contributed by atoms with E-state index in [1.807, 2.05) is 20.8 Å². The molecule has 0 bridgehead atoms. The van der Waals surface area contributed by atoms with Gasteiger partial charge in [-0.25, -0.2) is 22.3 Å². The lowest BCUT2D eigenvalue weighted by Gasteiger charge is -2.18. The molecule has 8 heteroatoms. The van der Waals surface area contributed by atoms with Crippen molar-refractivity contribution in [2.75, 3.05) is 6.54 Å². The van der Waals surface area contributed by atoms with Gasteiger partial charge in [0.2, 0.25) is 10.0 Å². The summed E-state index contributed by atoms with van der Waals surface area (Å²) in [7, 11) is -4.11. The zero-order chi connectivity index (χ0) is 16.4. The molecular formula is C13H17BrFNO4S. The van der Waals surface area contributed by atoms with Crippen LogP contribution in [0, 0.1) is 11.2 Å². The molecule has 1 rings (SSSR count). The number of benzene rings is 1. The molecule has 0 aliphatic rings. The molecule has 1 aromatic carbocycles. The first kappa shape index (κ1) is 18.1. The Morgan fingerprint density at radius 3 is 2.43 bits per heavy atom. The van der Waals surface area contributed by atoms with Gasteiger partial charge in [0.1, 0.15) is 4.90 Å². The Kier molecular flexibility index (Phi) is 5.51. The summed E-state index contributed by atoms with van der Waals surface area (Å²) in [5.74, 6) is -2.80. The lowest BCUT2D eigenvalue weighted by atomic mass is 9.93. The summed E-state index contributed by atoms with van der Waals surface area (Å²) < 4.78 is 40.7. The Labute approximate surface area is 131 Å². The van der Waals surface area contributed by atoms with E-state index in [-0.39, 0.29) is 16.4 Å². The Hall–Kier alpha value is -0.990. The van der Waals surface area contributed by atoms with Crippen molar-refractivity contribution < 1.29 is 22.7 Å². The summed E-state index contributed by atoms with van der Waals surface area (Å²) in [5.41, 5.74) is -0.773. The van der Waals surface area contributed by atoms with Crippen molar-refractivity contribution in [3.63, 3.8) is 0 Å². The number of aromatic carboxylic acids is 1. The van der Waals surface area contributed by atoms with Gasteiger partial charge in [-0.05, 0) is 24.0 Å². The Morgan fingerprint density at radius 1 is 1.38 bits per heavy atom. The molecule has 0 atom stereocenters. The Balaban J connectivity index is 3.12. The summed E-state index contributed by atoms with van der Waals surface area (Å²) in [5, 5.41) is 8.89. The predicted octanol–water partition coefficient (Wildman–Crippen LogP) is 3.00. The van der Waals surface area contributed by atoms with E-state index in [9.17, 15) is 17.6 Å². The van der Waals surface area contributed by atoms with Crippen LogP contribution in [0.15, 0.2) is 21.5 Å². The number of carboxylic acid groups (broad SMARTS) is 1. The number of halogens is 2. The van der Waals surface area contributed by atoms with E-state index in [4.69, 9.17) is 5.11 Å². The molecule has 0 fully saturated rings. The zero-order valence-electron chi connectivity index (χ0n) is 11.9. The zero-order valence-corrected chi connectivity index (χ0v) is 14.3. The van der Waals surface area contributed by atoms with Crippen LogP contribution in [-0.2, 0) is 10.0 Å².